The molecule has 0 saturated carbocycles. The van der Waals surface area contributed by atoms with Crippen molar-refractivity contribution in [3.05, 3.63) is 0 Å². The third-order valence-electron chi connectivity index (χ3n) is 2.10. The smallest absolute Gasteiger partial charge is 1.00 e. The Balaban J connectivity index is -0.000000270. The zero-order chi connectivity index (χ0) is 15.1. The summed E-state index contributed by atoms with van der Waals surface area (Å²) in [5.74, 6) is 0.610. The van der Waals surface area contributed by atoms with Crippen LogP contribution in [0.4, 0.5) is 0 Å². The SMILES string of the molecule is CC(C)CCOP(=O)(OCCC(C)C)OP(=O)(O)O.[H-].[H-].[K+].[K+]. The number of phosphoric ester groups is 1. The molecule has 0 amide bonds. The monoisotopic (exact) mass is 398 g/mol. The second kappa shape index (κ2) is 14.7. The van der Waals surface area contributed by atoms with Crippen LogP contribution in [0.3, 0.4) is 0 Å². The Morgan fingerprint density at radius 1 is 0.905 bits per heavy atom. The van der Waals surface area contributed by atoms with Gasteiger partial charge in [0.1, 0.15) is 0 Å². The summed E-state index contributed by atoms with van der Waals surface area (Å²) in [6.07, 6.45) is 1.17. The van der Waals surface area contributed by atoms with Gasteiger partial charge in [-0.2, -0.15) is 4.31 Å². The van der Waals surface area contributed by atoms with Gasteiger partial charge in [0.2, 0.25) is 0 Å². The van der Waals surface area contributed by atoms with Crippen molar-refractivity contribution in [3.63, 3.8) is 0 Å². The van der Waals surface area contributed by atoms with E-state index in [0.717, 1.165) is 0 Å². The third-order valence-corrected chi connectivity index (χ3v) is 4.74. The molecule has 7 nitrogen and oxygen atoms in total. The van der Waals surface area contributed by atoms with Crippen LogP contribution in [0.25, 0.3) is 0 Å². The van der Waals surface area contributed by atoms with E-state index in [1.807, 2.05) is 27.7 Å². The van der Waals surface area contributed by atoms with Gasteiger partial charge in [0, 0.05) is 0 Å². The quantitative estimate of drug-likeness (QED) is 0.311. The van der Waals surface area contributed by atoms with Gasteiger partial charge in [0.05, 0.1) is 13.2 Å². The van der Waals surface area contributed by atoms with E-state index < -0.39 is 15.6 Å². The van der Waals surface area contributed by atoms with Crippen molar-refractivity contribution in [2.75, 3.05) is 13.2 Å². The second-order valence-electron chi connectivity index (χ2n) is 5.05. The van der Waals surface area contributed by atoms with Crippen LogP contribution in [0.1, 0.15) is 43.4 Å². The molecule has 0 aromatic carbocycles. The predicted molar refractivity (Wildman–Crippen MR) is 73.8 cm³/mol. The molecule has 0 radical (unpaired) electrons. The van der Waals surface area contributed by atoms with Gasteiger partial charge in [-0.05, 0) is 24.7 Å². The molecule has 120 valence electrons. The molecule has 0 aromatic heterocycles. The Bertz CT molecular complexity index is 338. The van der Waals surface area contributed by atoms with Crippen LogP contribution in [0, 0.1) is 11.8 Å². The van der Waals surface area contributed by atoms with Crippen LogP contribution in [0.2, 0.25) is 0 Å². The predicted octanol–water partition coefficient (Wildman–Crippen LogP) is -2.44. The normalized spacial score (nSPS) is 12.2. The van der Waals surface area contributed by atoms with Crippen molar-refractivity contribution in [3.8, 4) is 0 Å². The first-order valence-electron chi connectivity index (χ1n) is 6.20. The van der Waals surface area contributed by atoms with Crippen molar-refractivity contribution in [1.82, 2.24) is 0 Å². The van der Waals surface area contributed by atoms with Crippen LogP contribution in [0.15, 0.2) is 0 Å². The summed E-state index contributed by atoms with van der Waals surface area (Å²) >= 11 is 0. The van der Waals surface area contributed by atoms with E-state index in [-0.39, 0.29) is 119 Å². The molecule has 0 rings (SSSR count). The first kappa shape index (κ1) is 29.3. The Labute approximate surface area is 215 Å². The molecular weight excluding hydrogens is 372 g/mol. The van der Waals surface area contributed by atoms with E-state index in [0.29, 0.717) is 24.7 Å². The maximum Gasteiger partial charge on any atom is 1.00 e. The van der Waals surface area contributed by atoms with Crippen LogP contribution < -0.4 is 103 Å². The summed E-state index contributed by atoms with van der Waals surface area (Å²) in [6.45, 7) is 7.87. The van der Waals surface area contributed by atoms with Crippen molar-refractivity contribution < 1.29 is 138 Å². The van der Waals surface area contributed by atoms with E-state index in [9.17, 15) is 9.13 Å². The second-order valence-corrected chi connectivity index (χ2v) is 8.10. The molecule has 21 heavy (non-hydrogen) atoms. The summed E-state index contributed by atoms with van der Waals surface area (Å²) in [4.78, 5) is 17.5. The zero-order valence-electron chi connectivity index (χ0n) is 15.8. The molecule has 0 aliphatic carbocycles. The van der Waals surface area contributed by atoms with Gasteiger partial charge in [0.15, 0.2) is 0 Å². The minimum atomic E-state index is -4.93. The number of rotatable bonds is 10. The summed E-state index contributed by atoms with van der Waals surface area (Å²) < 4.78 is 36.8. The van der Waals surface area contributed by atoms with Gasteiger partial charge in [-0.3, -0.25) is 9.05 Å². The first-order valence-corrected chi connectivity index (χ1v) is 9.19. The maximum absolute atomic E-state index is 12.0. The van der Waals surface area contributed by atoms with E-state index in [1.54, 1.807) is 0 Å². The van der Waals surface area contributed by atoms with Crippen LogP contribution in [-0.2, 0) is 22.5 Å². The minimum absolute atomic E-state index is 0. The maximum atomic E-state index is 12.0. The Morgan fingerprint density at radius 2 is 1.24 bits per heavy atom. The van der Waals surface area contributed by atoms with Gasteiger partial charge in [-0.15, -0.1) is 0 Å². The molecule has 0 aliphatic heterocycles. The fraction of sp³-hybridized carbons (Fsp3) is 1.00. The average molecular weight is 398 g/mol. The fourth-order valence-electron chi connectivity index (χ4n) is 1.02. The summed E-state index contributed by atoms with van der Waals surface area (Å²) in [7, 11) is -9.14. The average Bonchev–Trinajstić information content (AvgIpc) is 2.12. The van der Waals surface area contributed by atoms with E-state index in [1.165, 1.54) is 0 Å². The molecule has 0 aliphatic rings. The molecule has 11 heteroatoms. The molecule has 0 bridgehead atoms. The summed E-state index contributed by atoms with van der Waals surface area (Å²) in [5, 5.41) is 0. The topological polar surface area (TPSA) is 102 Å². The summed E-state index contributed by atoms with van der Waals surface area (Å²) in [6, 6.07) is 0. The van der Waals surface area contributed by atoms with E-state index in [4.69, 9.17) is 18.8 Å². The van der Waals surface area contributed by atoms with Crippen molar-refractivity contribution in [2.45, 2.75) is 40.5 Å². The molecule has 2 N–H and O–H groups in total. The number of phosphoric acid groups is 2. The number of hydrogen-bond donors (Lipinski definition) is 2. The standard InChI is InChI=1S/C10H24O7P2.2K.2H/c1-9(2)5-7-15-19(14,17-18(11,12)13)16-8-6-10(3)4;;;;/h9-10H,5-8H2,1-4H3,(H2,11,12,13);;;;/q;2*+1;2*-1. The molecule has 0 saturated heterocycles. The Kier molecular flexibility index (Phi) is 20.5. The van der Waals surface area contributed by atoms with E-state index in [2.05, 4.69) is 4.31 Å². The largest absolute Gasteiger partial charge is 1.00 e. The third kappa shape index (κ3) is 19.7. The molecule has 0 spiro atoms. The Morgan fingerprint density at radius 3 is 1.48 bits per heavy atom. The van der Waals surface area contributed by atoms with Crippen molar-refractivity contribution in [2.24, 2.45) is 11.8 Å². The summed E-state index contributed by atoms with van der Waals surface area (Å²) in [5.41, 5.74) is 0. The van der Waals surface area contributed by atoms with Gasteiger partial charge < -0.3 is 12.6 Å². The first-order chi connectivity index (χ1) is 8.54. The van der Waals surface area contributed by atoms with Crippen molar-refractivity contribution >= 4 is 15.6 Å². The molecule has 0 fully saturated rings. The Hall–Kier alpha value is 3.53. The van der Waals surface area contributed by atoms with Gasteiger partial charge >= 0.3 is 118 Å². The van der Waals surface area contributed by atoms with Crippen LogP contribution in [0.5, 0.6) is 0 Å². The van der Waals surface area contributed by atoms with Crippen LogP contribution >= 0.6 is 15.6 Å². The van der Waals surface area contributed by atoms with Gasteiger partial charge in [-0.25, -0.2) is 9.13 Å². The van der Waals surface area contributed by atoms with Gasteiger partial charge in [-0.1, -0.05) is 27.7 Å². The minimum Gasteiger partial charge on any atom is -1.00 e. The zero-order valence-corrected chi connectivity index (χ0v) is 21.8. The molecule has 0 heterocycles. The van der Waals surface area contributed by atoms with Gasteiger partial charge in [0.25, 0.3) is 0 Å². The molecular formula is C10H26K2O7P2. The number of hydrogen-bond acceptors (Lipinski definition) is 5. The molecule has 0 aromatic rings. The fourth-order valence-corrected chi connectivity index (χ4v) is 3.17. The molecule has 0 atom stereocenters. The van der Waals surface area contributed by atoms with Crippen molar-refractivity contribution in [1.29, 1.82) is 0 Å². The van der Waals surface area contributed by atoms with E-state index >= 15 is 0 Å². The van der Waals surface area contributed by atoms with Crippen LogP contribution in [-0.4, -0.2) is 23.0 Å². The molecule has 0 unspecified atom stereocenters.